The monoisotopic (exact) mass is 383 g/mol. The van der Waals surface area contributed by atoms with E-state index in [4.69, 9.17) is 14.2 Å². The molecule has 2 aromatic carbocycles. The lowest BCUT2D eigenvalue weighted by Gasteiger charge is -2.38. The van der Waals surface area contributed by atoms with Gasteiger partial charge in [0.2, 0.25) is 0 Å². The fraction of sp³-hybridized carbons (Fsp3) is 0.435. The summed E-state index contributed by atoms with van der Waals surface area (Å²) in [5.74, 6) is 2.12. The van der Waals surface area contributed by atoms with E-state index in [1.165, 1.54) is 0 Å². The largest absolute Gasteiger partial charge is 0.497 e. The molecule has 0 radical (unpaired) electrons. The predicted molar refractivity (Wildman–Crippen MR) is 109 cm³/mol. The standard InChI is InChI=1S/C23H29NO4/c1-6-20(27-17-10-8-16(26-5)9-11-17)22(25)24-19-14-23(3,4)28-21-13-15(2)7-12-18(19)21/h7-13,19-20H,6,14H2,1-5H3,(H,24,25). The van der Waals surface area contributed by atoms with Gasteiger partial charge in [-0.1, -0.05) is 19.1 Å². The molecule has 1 heterocycles. The molecule has 0 saturated carbocycles. The van der Waals surface area contributed by atoms with Crippen molar-refractivity contribution < 1.29 is 19.0 Å². The molecular weight excluding hydrogens is 354 g/mol. The number of carbonyl (C=O) groups excluding carboxylic acids is 1. The molecule has 1 aliphatic heterocycles. The maximum Gasteiger partial charge on any atom is 0.261 e. The van der Waals surface area contributed by atoms with E-state index in [-0.39, 0.29) is 17.6 Å². The molecule has 2 atom stereocenters. The van der Waals surface area contributed by atoms with Gasteiger partial charge in [-0.2, -0.15) is 0 Å². The minimum atomic E-state index is -0.562. The smallest absolute Gasteiger partial charge is 0.261 e. The molecule has 0 saturated heterocycles. The van der Waals surface area contributed by atoms with Crippen LogP contribution in [-0.4, -0.2) is 24.7 Å². The summed E-state index contributed by atoms with van der Waals surface area (Å²) in [7, 11) is 1.62. The first-order valence-corrected chi connectivity index (χ1v) is 9.72. The second kappa shape index (κ2) is 8.13. The molecule has 28 heavy (non-hydrogen) atoms. The van der Waals surface area contributed by atoms with Crippen LogP contribution in [0.3, 0.4) is 0 Å². The van der Waals surface area contributed by atoms with Gasteiger partial charge in [0.1, 0.15) is 22.8 Å². The van der Waals surface area contributed by atoms with Crippen molar-refractivity contribution >= 4 is 5.91 Å². The minimum absolute atomic E-state index is 0.111. The number of carbonyl (C=O) groups is 1. The van der Waals surface area contributed by atoms with E-state index in [9.17, 15) is 4.79 Å². The topological polar surface area (TPSA) is 56.8 Å². The number of nitrogens with one attached hydrogen (secondary N) is 1. The Kier molecular flexibility index (Phi) is 5.82. The Hall–Kier alpha value is -2.69. The van der Waals surface area contributed by atoms with Crippen LogP contribution in [0.4, 0.5) is 0 Å². The third-order valence-electron chi connectivity index (χ3n) is 4.94. The van der Waals surface area contributed by atoms with Gasteiger partial charge >= 0.3 is 0 Å². The SMILES string of the molecule is CCC(Oc1ccc(OC)cc1)C(=O)NC1CC(C)(C)Oc2cc(C)ccc21. The number of hydrogen-bond donors (Lipinski definition) is 1. The number of rotatable bonds is 6. The number of hydrogen-bond acceptors (Lipinski definition) is 4. The summed E-state index contributed by atoms with van der Waals surface area (Å²) in [6.45, 7) is 8.07. The molecule has 5 heteroatoms. The summed E-state index contributed by atoms with van der Waals surface area (Å²) in [4.78, 5) is 13.0. The van der Waals surface area contributed by atoms with Gasteiger partial charge in [0.25, 0.3) is 5.91 Å². The molecule has 1 aliphatic rings. The van der Waals surface area contributed by atoms with Crippen LogP contribution in [0.15, 0.2) is 42.5 Å². The van der Waals surface area contributed by atoms with Crippen LogP contribution in [-0.2, 0) is 4.79 Å². The van der Waals surface area contributed by atoms with Gasteiger partial charge in [-0.05, 0) is 63.1 Å². The number of aryl methyl sites for hydroxylation is 1. The van der Waals surface area contributed by atoms with Crippen molar-refractivity contribution in [3.05, 3.63) is 53.6 Å². The van der Waals surface area contributed by atoms with Crippen molar-refractivity contribution in [2.75, 3.05) is 7.11 Å². The summed E-state index contributed by atoms with van der Waals surface area (Å²) in [5.41, 5.74) is 1.80. The summed E-state index contributed by atoms with van der Waals surface area (Å²) >= 11 is 0. The molecule has 3 rings (SSSR count). The maximum absolute atomic E-state index is 13.0. The average molecular weight is 383 g/mol. The molecule has 0 aliphatic carbocycles. The third kappa shape index (κ3) is 4.58. The van der Waals surface area contributed by atoms with Gasteiger partial charge in [-0.3, -0.25) is 4.79 Å². The van der Waals surface area contributed by atoms with E-state index in [0.717, 1.165) is 22.6 Å². The quantitative estimate of drug-likeness (QED) is 0.793. The molecule has 2 unspecified atom stereocenters. The van der Waals surface area contributed by atoms with E-state index >= 15 is 0 Å². The van der Waals surface area contributed by atoms with Gasteiger partial charge in [-0.15, -0.1) is 0 Å². The Morgan fingerprint density at radius 1 is 1.21 bits per heavy atom. The first-order valence-electron chi connectivity index (χ1n) is 9.72. The first-order chi connectivity index (χ1) is 13.3. The van der Waals surface area contributed by atoms with Crippen LogP contribution in [0.25, 0.3) is 0 Å². The van der Waals surface area contributed by atoms with Crippen LogP contribution in [0.1, 0.15) is 50.8 Å². The third-order valence-corrected chi connectivity index (χ3v) is 4.94. The van der Waals surface area contributed by atoms with Gasteiger partial charge < -0.3 is 19.5 Å². The minimum Gasteiger partial charge on any atom is -0.497 e. The fourth-order valence-electron chi connectivity index (χ4n) is 3.49. The van der Waals surface area contributed by atoms with Crippen molar-refractivity contribution in [1.29, 1.82) is 0 Å². The van der Waals surface area contributed by atoms with Crippen LogP contribution in [0.2, 0.25) is 0 Å². The maximum atomic E-state index is 13.0. The van der Waals surface area contributed by atoms with E-state index in [2.05, 4.69) is 5.32 Å². The molecule has 0 aromatic heterocycles. The Balaban J connectivity index is 1.74. The number of methoxy groups -OCH3 is 1. The molecule has 5 nitrogen and oxygen atoms in total. The highest BCUT2D eigenvalue weighted by Gasteiger charge is 2.35. The summed E-state index contributed by atoms with van der Waals surface area (Å²) in [5, 5.41) is 3.18. The van der Waals surface area contributed by atoms with Crippen molar-refractivity contribution in [3.63, 3.8) is 0 Å². The first kappa shape index (κ1) is 20.1. The van der Waals surface area contributed by atoms with Crippen LogP contribution >= 0.6 is 0 Å². The van der Waals surface area contributed by atoms with Gasteiger partial charge in [0.05, 0.1) is 13.2 Å². The zero-order chi connectivity index (χ0) is 20.3. The second-order valence-electron chi connectivity index (χ2n) is 7.86. The lowest BCUT2D eigenvalue weighted by atomic mass is 9.89. The van der Waals surface area contributed by atoms with Crippen LogP contribution < -0.4 is 19.5 Å². The van der Waals surface area contributed by atoms with Gasteiger partial charge in [0, 0.05) is 12.0 Å². The molecule has 0 fully saturated rings. The molecule has 1 amide bonds. The van der Waals surface area contributed by atoms with Crippen molar-refractivity contribution in [2.45, 2.75) is 58.3 Å². The van der Waals surface area contributed by atoms with Gasteiger partial charge in [0.15, 0.2) is 6.10 Å². The lowest BCUT2D eigenvalue weighted by molar-refractivity contribution is -0.129. The lowest BCUT2D eigenvalue weighted by Crippen LogP contribution is -2.45. The zero-order valence-electron chi connectivity index (χ0n) is 17.2. The summed E-state index contributed by atoms with van der Waals surface area (Å²) in [6.07, 6.45) is 0.715. The Labute approximate surface area is 167 Å². The summed E-state index contributed by atoms with van der Waals surface area (Å²) < 4.78 is 17.2. The normalized spacial score (nSPS) is 18.4. The fourth-order valence-corrected chi connectivity index (χ4v) is 3.49. The molecular formula is C23H29NO4. The number of ether oxygens (including phenoxy) is 3. The van der Waals surface area contributed by atoms with E-state index < -0.39 is 6.10 Å². The second-order valence-corrected chi connectivity index (χ2v) is 7.86. The number of benzene rings is 2. The Bertz CT molecular complexity index is 829. The molecule has 2 aromatic rings. The van der Waals surface area contributed by atoms with Crippen LogP contribution in [0.5, 0.6) is 17.2 Å². The highest BCUT2D eigenvalue weighted by molar-refractivity contribution is 5.81. The highest BCUT2D eigenvalue weighted by atomic mass is 16.5. The zero-order valence-corrected chi connectivity index (χ0v) is 17.2. The average Bonchev–Trinajstić information content (AvgIpc) is 2.65. The Morgan fingerprint density at radius 3 is 2.54 bits per heavy atom. The van der Waals surface area contributed by atoms with E-state index in [1.54, 1.807) is 7.11 Å². The van der Waals surface area contributed by atoms with E-state index in [0.29, 0.717) is 18.6 Å². The number of amides is 1. The summed E-state index contributed by atoms with van der Waals surface area (Å²) in [6, 6.07) is 13.3. The molecule has 1 N–H and O–H groups in total. The number of fused-ring (bicyclic) bond motifs is 1. The van der Waals surface area contributed by atoms with Crippen molar-refractivity contribution in [2.24, 2.45) is 0 Å². The highest BCUT2D eigenvalue weighted by Crippen LogP contribution is 2.40. The van der Waals surface area contributed by atoms with E-state index in [1.807, 2.05) is 70.2 Å². The van der Waals surface area contributed by atoms with Gasteiger partial charge in [-0.25, -0.2) is 0 Å². The van der Waals surface area contributed by atoms with Crippen molar-refractivity contribution in [3.8, 4) is 17.2 Å². The molecule has 0 spiro atoms. The molecule has 0 bridgehead atoms. The molecule has 150 valence electrons. The Morgan fingerprint density at radius 2 is 1.89 bits per heavy atom. The predicted octanol–water partition coefficient (Wildman–Crippen LogP) is 4.58. The van der Waals surface area contributed by atoms with Crippen molar-refractivity contribution in [1.82, 2.24) is 5.32 Å². The van der Waals surface area contributed by atoms with Crippen LogP contribution in [0, 0.1) is 6.92 Å².